The minimum Gasteiger partial charge on any atom is -0.396 e. The summed E-state index contributed by atoms with van der Waals surface area (Å²) in [6.45, 7) is 4.05. The van der Waals surface area contributed by atoms with Crippen molar-refractivity contribution in [1.82, 2.24) is 5.32 Å². The van der Waals surface area contributed by atoms with Crippen LogP contribution in [0, 0.1) is 0 Å². The molecule has 0 heterocycles. The van der Waals surface area contributed by atoms with Crippen LogP contribution < -0.4 is 5.32 Å². The summed E-state index contributed by atoms with van der Waals surface area (Å²) in [6, 6.07) is 0. The normalized spacial score (nSPS) is 13.2. The van der Waals surface area contributed by atoms with Crippen LogP contribution in [-0.2, 0) is 0 Å². The molecule has 3 N–H and O–H groups in total. The summed E-state index contributed by atoms with van der Waals surface area (Å²) >= 11 is 0. The van der Waals surface area contributed by atoms with E-state index in [9.17, 15) is 0 Å². The fraction of sp³-hybridized carbons (Fsp3) is 1.00. The Balaban J connectivity index is 2.84. The molecule has 1 unspecified atom stereocenters. The van der Waals surface area contributed by atoms with E-state index >= 15 is 0 Å². The smallest absolute Gasteiger partial charge is 0.0524 e. The van der Waals surface area contributed by atoms with Gasteiger partial charge in [-0.3, -0.25) is 0 Å². The number of rotatable bonds is 9. The average molecular weight is 189 g/mol. The van der Waals surface area contributed by atoms with Crippen molar-refractivity contribution in [3.63, 3.8) is 0 Å². The zero-order chi connectivity index (χ0) is 9.94. The molecule has 0 aromatic carbocycles. The molecule has 13 heavy (non-hydrogen) atoms. The van der Waals surface area contributed by atoms with E-state index in [0.717, 1.165) is 32.4 Å². The molecule has 0 amide bonds. The number of aliphatic hydroxyl groups is 2. The summed E-state index contributed by atoms with van der Waals surface area (Å²) in [5.74, 6) is 0. The zero-order valence-electron chi connectivity index (χ0n) is 8.63. The van der Waals surface area contributed by atoms with Gasteiger partial charge in [0.15, 0.2) is 0 Å². The minimum atomic E-state index is -0.193. The highest BCUT2D eigenvalue weighted by Crippen LogP contribution is 1.97. The lowest BCUT2D eigenvalue weighted by molar-refractivity contribution is 0.184. The van der Waals surface area contributed by atoms with Crippen molar-refractivity contribution in [2.24, 2.45) is 0 Å². The van der Waals surface area contributed by atoms with Crippen LogP contribution in [0.2, 0.25) is 0 Å². The van der Waals surface area contributed by atoms with Gasteiger partial charge in [0.1, 0.15) is 0 Å². The third kappa shape index (κ3) is 11.9. The summed E-state index contributed by atoms with van der Waals surface area (Å²) in [4.78, 5) is 0. The largest absolute Gasteiger partial charge is 0.396 e. The molecule has 0 saturated heterocycles. The fourth-order valence-electron chi connectivity index (χ4n) is 1.15. The van der Waals surface area contributed by atoms with E-state index in [4.69, 9.17) is 10.2 Å². The monoisotopic (exact) mass is 189 g/mol. The molecule has 0 fully saturated rings. The van der Waals surface area contributed by atoms with Gasteiger partial charge in [-0.2, -0.15) is 0 Å². The van der Waals surface area contributed by atoms with E-state index in [0.29, 0.717) is 6.61 Å². The van der Waals surface area contributed by atoms with Gasteiger partial charge in [-0.15, -0.1) is 0 Å². The van der Waals surface area contributed by atoms with Crippen molar-refractivity contribution in [3.05, 3.63) is 0 Å². The first-order valence-corrected chi connectivity index (χ1v) is 5.27. The Hall–Kier alpha value is -0.120. The molecule has 0 bridgehead atoms. The van der Waals surface area contributed by atoms with Gasteiger partial charge in [-0.05, 0) is 39.3 Å². The molecule has 0 aromatic heterocycles. The zero-order valence-corrected chi connectivity index (χ0v) is 8.63. The number of aliphatic hydroxyl groups excluding tert-OH is 2. The van der Waals surface area contributed by atoms with Gasteiger partial charge in [0, 0.05) is 6.61 Å². The second-order valence-corrected chi connectivity index (χ2v) is 3.53. The third-order valence-electron chi connectivity index (χ3n) is 2.00. The Morgan fingerprint density at radius 3 is 2.38 bits per heavy atom. The van der Waals surface area contributed by atoms with Crippen LogP contribution in [0.15, 0.2) is 0 Å². The molecule has 3 heteroatoms. The van der Waals surface area contributed by atoms with E-state index in [-0.39, 0.29) is 6.10 Å². The molecular formula is C10H23NO2. The maximum absolute atomic E-state index is 8.96. The molecule has 1 atom stereocenters. The van der Waals surface area contributed by atoms with Crippen LogP contribution in [0.4, 0.5) is 0 Å². The number of hydrogen-bond acceptors (Lipinski definition) is 3. The highest BCUT2D eigenvalue weighted by molar-refractivity contribution is 4.52. The van der Waals surface area contributed by atoms with Crippen LogP contribution in [0.25, 0.3) is 0 Å². The molecule has 0 aliphatic carbocycles. The molecule has 0 aliphatic rings. The summed E-state index contributed by atoms with van der Waals surface area (Å²) in [6.07, 6.45) is 5.03. The predicted octanol–water partition coefficient (Wildman–Crippen LogP) is 0.900. The molecule has 0 radical (unpaired) electrons. The molecule has 0 saturated carbocycles. The highest BCUT2D eigenvalue weighted by atomic mass is 16.3. The first-order valence-electron chi connectivity index (χ1n) is 5.27. The van der Waals surface area contributed by atoms with E-state index in [1.165, 1.54) is 12.8 Å². The second kappa shape index (κ2) is 9.96. The average Bonchev–Trinajstić information content (AvgIpc) is 2.09. The van der Waals surface area contributed by atoms with Crippen molar-refractivity contribution >= 4 is 0 Å². The maximum atomic E-state index is 8.96. The molecule has 0 spiro atoms. The quantitative estimate of drug-likeness (QED) is 0.472. The Morgan fingerprint density at radius 1 is 1.08 bits per heavy atom. The molecule has 80 valence electrons. The topological polar surface area (TPSA) is 52.5 Å². The number of hydrogen-bond donors (Lipinski definition) is 3. The van der Waals surface area contributed by atoms with Gasteiger partial charge in [0.2, 0.25) is 0 Å². The fourth-order valence-corrected chi connectivity index (χ4v) is 1.15. The molecule has 3 nitrogen and oxygen atoms in total. The SMILES string of the molecule is CC(O)CCNCCCCCCO. The van der Waals surface area contributed by atoms with E-state index in [1.807, 2.05) is 6.92 Å². The Kier molecular flexibility index (Phi) is 9.87. The summed E-state index contributed by atoms with van der Waals surface area (Å²) in [7, 11) is 0. The molecule has 0 rings (SSSR count). The van der Waals surface area contributed by atoms with Gasteiger partial charge in [0.05, 0.1) is 6.10 Å². The lowest BCUT2D eigenvalue weighted by Gasteiger charge is -2.05. The first kappa shape index (κ1) is 12.9. The van der Waals surface area contributed by atoms with Crippen molar-refractivity contribution in [2.75, 3.05) is 19.7 Å². The Morgan fingerprint density at radius 2 is 1.77 bits per heavy atom. The third-order valence-corrected chi connectivity index (χ3v) is 2.00. The van der Waals surface area contributed by atoms with Gasteiger partial charge in [-0.25, -0.2) is 0 Å². The lowest BCUT2D eigenvalue weighted by atomic mass is 10.2. The summed E-state index contributed by atoms with van der Waals surface area (Å²) in [5.41, 5.74) is 0. The van der Waals surface area contributed by atoms with Crippen molar-refractivity contribution in [2.45, 2.75) is 45.1 Å². The van der Waals surface area contributed by atoms with Crippen molar-refractivity contribution in [1.29, 1.82) is 0 Å². The number of unbranched alkanes of at least 4 members (excludes halogenated alkanes) is 3. The molecule has 0 aliphatic heterocycles. The summed E-state index contributed by atoms with van der Waals surface area (Å²) in [5, 5.41) is 20.8. The van der Waals surface area contributed by atoms with Crippen molar-refractivity contribution < 1.29 is 10.2 Å². The Bertz CT molecular complexity index is 96.9. The number of nitrogens with one attached hydrogen (secondary N) is 1. The lowest BCUT2D eigenvalue weighted by Crippen LogP contribution is -2.20. The van der Waals surface area contributed by atoms with Crippen LogP contribution >= 0.6 is 0 Å². The van der Waals surface area contributed by atoms with E-state index in [2.05, 4.69) is 5.32 Å². The second-order valence-electron chi connectivity index (χ2n) is 3.53. The first-order chi connectivity index (χ1) is 6.27. The van der Waals surface area contributed by atoms with Gasteiger partial charge in [-0.1, -0.05) is 12.8 Å². The standard InChI is InChI=1S/C10H23NO2/c1-10(13)6-8-11-7-4-2-3-5-9-12/h10-13H,2-9H2,1H3. The van der Waals surface area contributed by atoms with Gasteiger partial charge in [0.25, 0.3) is 0 Å². The maximum Gasteiger partial charge on any atom is 0.0524 e. The molecule has 0 aromatic rings. The molecular weight excluding hydrogens is 166 g/mol. The highest BCUT2D eigenvalue weighted by Gasteiger charge is 1.94. The van der Waals surface area contributed by atoms with E-state index in [1.54, 1.807) is 0 Å². The van der Waals surface area contributed by atoms with Crippen LogP contribution in [0.3, 0.4) is 0 Å². The van der Waals surface area contributed by atoms with Gasteiger partial charge >= 0.3 is 0 Å². The van der Waals surface area contributed by atoms with Crippen molar-refractivity contribution in [3.8, 4) is 0 Å². The van der Waals surface area contributed by atoms with Gasteiger partial charge < -0.3 is 15.5 Å². The van der Waals surface area contributed by atoms with Crippen LogP contribution in [0.1, 0.15) is 39.0 Å². The van der Waals surface area contributed by atoms with Crippen LogP contribution in [-0.4, -0.2) is 36.0 Å². The summed E-state index contributed by atoms with van der Waals surface area (Å²) < 4.78 is 0. The predicted molar refractivity (Wildman–Crippen MR) is 54.7 cm³/mol. The minimum absolute atomic E-state index is 0.193. The van der Waals surface area contributed by atoms with Crippen LogP contribution in [0.5, 0.6) is 0 Å². The van der Waals surface area contributed by atoms with E-state index < -0.39 is 0 Å². The Labute approximate surface area is 81.2 Å².